The summed E-state index contributed by atoms with van der Waals surface area (Å²) in [4.78, 5) is 12.6. The lowest BCUT2D eigenvalue weighted by molar-refractivity contribution is -0.0643. The van der Waals surface area contributed by atoms with Crippen molar-refractivity contribution in [2.24, 2.45) is 0 Å². The Bertz CT molecular complexity index is 942. The van der Waals surface area contributed by atoms with Gasteiger partial charge in [-0.25, -0.2) is 0 Å². The van der Waals surface area contributed by atoms with Crippen LogP contribution in [-0.4, -0.2) is 31.6 Å². The first kappa shape index (κ1) is 18.1. The van der Waals surface area contributed by atoms with E-state index in [9.17, 15) is 25.4 Å². The van der Waals surface area contributed by atoms with E-state index in [1.807, 2.05) is 6.07 Å². The van der Waals surface area contributed by atoms with Gasteiger partial charge in [-0.3, -0.25) is 4.79 Å². The van der Waals surface area contributed by atoms with Gasteiger partial charge in [0.05, 0.1) is 30.9 Å². The Hall–Kier alpha value is -2.66. The van der Waals surface area contributed by atoms with Gasteiger partial charge >= 0.3 is 0 Å². The van der Waals surface area contributed by atoms with Crippen molar-refractivity contribution in [3.63, 3.8) is 0 Å². The number of hydrogen-bond acceptors (Lipinski definition) is 6. The quantitative estimate of drug-likeness (QED) is 0.750. The average molecular weight is 356 g/mol. The standard InChI is InChI=1S/C19H20N2O5/c1-19(2)18(25)17(14-5-11(7-20)3-4-15(14)26-19)21-8-13(10-23)12(9-22)6-16(21)24/h3-6,8,17-18,22-23,25H,9-10H2,1-2H3. The smallest absolute Gasteiger partial charge is 0.251 e. The third kappa shape index (κ3) is 2.88. The molecule has 7 nitrogen and oxygen atoms in total. The molecular weight excluding hydrogens is 336 g/mol. The third-order valence-corrected chi connectivity index (χ3v) is 4.74. The molecule has 0 saturated carbocycles. The molecule has 2 unspecified atom stereocenters. The van der Waals surface area contributed by atoms with Gasteiger partial charge in [0, 0.05) is 17.8 Å². The molecule has 136 valence electrons. The molecule has 1 aromatic heterocycles. The molecular formula is C19H20N2O5. The van der Waals surface area contributed by atoms with E-state index in [4.69, 9.17) is 4.74 Å². The fourth-order valence-corrected chi connectivity index (χ4v) is 3.28. The molecule has 0 fully saturated rings. The van der Waals surface area contributed by atoms with Gasteiger partial charge < -0.3 is 24.6 Å². The van der Waals surface area contributed by atoms with Gasteiger partial charge in [0.1, 0.15) is 17.5 Å². The molecule has 2 atom stereocenters. The Labute approximate surface area is 150 Å². The monoisotopic (exact) mass is 356 g/mol. The van der Waals surface area contributed by atoms with Crippen molar-refractivity contribution in [3.05, 3.63) is 63.1 Å². The van der Waals surface area contributed by atoms with Crippen LogP contribution in [0.1, 0.15) is 42.1 Å². The summed E-state index contributed by atoms with van der Waals surface area (Å²) in [5.74, 6) is 0.480. The molecule has 0 spiro atoms. The van der Waals surface area contributed by atoms with E-state index in [1.54, 1.807) is 32.0 Å². The molecule has 0 aliphatic carbocycles. The highest BCUT2D eigenvalue weighted by atomic mass is 16.5. The Balaban J connectivity index is 2.27. The molecule has 2 aromatic rings. The highest BCUT2D eigenvalue weighted by molar-refractivity contribution is 5.47. The van der Waals surface area contributed by atoms with E-state index < -0.39 is 23.3 Å². The van der Waals surface area contributed by atoms with E-state index in [1.165, 1.54) is 16.8 Å². The lowest BCUT2D eigenvalue weighted by atomic mass is 9.85. The second-order valence-corrected chi connectivity index (χ2v) is 6.85. The highest BCUT2D eigenvalue weighted by Crippen LogP contribution is 2.41. The van der Waals surface area contributed by atoms with Gasteiger partial charge in [-0.1, -0.05) is 0 Å². The van der Waals surface area contributed by atoms with Crippen LogP contribution >= 0.6 is 0 Å². The number of nitrogens with zero attached hydrogens (tertiary/aromatic N) is 2. The number of aromatic nitrogens is 1. The molecule has 0 saturated heterocycles. The number of aliphatic hydroxyl groups is 3. The molecule has 1 aromatic carbocycles. The summed E-state index contributed by atoms with van der Waals surface area (Å²) in [5.41, 5.74) is 0.217. The maximum atomic E-state index is 12.6. The number of ether oxygens (including phenoxy) is 1. The summed E-state index contributed by atoms with van der Waals surface area (Å²) in [6.07, 6.45) is 0.361. The number of rotatable bonds is 3. The number of hydrogen-bond donors (Lipinski definition) is 3. The van der Waals surface area contributed by atoms with Crippen molar-refractivity contribution in [1.29, 1.82) is 5.26 Å². The molecule has 1 aliphatic rings. The number of fused-ring (bicyclic) bond motifs is 1. The van der Waals surface area contributed by atoms with Crippen LogP contribution in [0.4, 0.5) is 0 Å². The Morgan fingerprint density at radius 3 is 2.54 bits per heavy atom. The number of nitriles is 1. The SMILES string of the molecule is CC1(C)Oc2ccc(C#N)cc2C(n2cc(CO)c(CO)cc2=O)C1O. The molecule has 26 heavy (non-hydrogen) atoms. The van der Waals surface area contributed by atoms with Crippen LogP contribution in [0.15, 0.2) is 35.3 Å². The van der Waals surface area contributed by atoms with Crippen LogP contribution in [-0.2, 0) is 13.2 Å². The van der Waals surface area contributed by atoms with Gasteiger partial charge in [0.15, 0.2) is 0 Å². The highest BCUT2D eigenvalue weighted by Gasteiger charge is 2.44. The second kappa shape index (κ2) is 6.57. The van der Waals surface area contributed by atoms with E-state index in [2.05, 4.69) is 0 Å². The summed E-state index contributed by atoms with van der Waals surface area (Å²) in [5, 5.41) is 39.0. The zero-order valence-corrected chi connectivity index (χ0v) is 14.5. The maximum absolute atomic E-state index is 12.6. The first-order valence-corrected chi connectivity index (χ1v) is 8.19. The van der Waals surface area contributed by atoms with Crippen LogP contribution < -0.4 is 10.3 Å². The van der Waals surface area contributed by atoms with E-state index in [0.717, 1.165) is 0 Å². The summed E-state index contributed by atoms with van der Waals surface area (Å²) in [6.45, 7) is 2.70. The minimum atomic E-state index is -1.08. The van der Waals surface area contributed by atoms with Crippen molar-refractivity contribution >= 4 is 0 Å². The molecule has 0 amide bonds. The van der Waals surface area contributed by atoms with Crippen molar-refractivity contribution in [2.45, 2.75) is 44.8 Å². The van der Waals surface area contributed by atoms with Crippen LogP contribution in [0.5, 0.6) is 5.75 Å². The number of aliphatic hydroxyl groups excluding tert-OH is 3. The minimum absolute atomic E-state index is 0.334. The summed E-state index contributed by atoms with van der Waals surface area (Å²) in [7, 11) is 0. The van der Waals surface area contributed by atoms with Crippen LogP contribution in [0.3, 0.4) is 0 Å². The summed E-state index contributed by atoms with van der Waals surface area (Å²) >= 11 is 0. The van der Waals surface area contributed by atoms with E-state index in [-0.39, 0.29) is 13.2 Å². The maximum Gasteiger partial charge on any atom is 0.251 e. The predicted molar refractivity (Wildman–Crippen MR) is 92.6 cm³/mol. The molecule has 3 rings (SSSR count). The molecule has 0 radical (unpaired) electrons. The Morgan fingerprint density at radius 2 is 1.92 bits per heavy atom. The molecule has 7 heteroatoms. The minimum Gasteiger partial charge on any atom is -0.485 e. The van der Waals surface area contributed by atoms with Gasteiger partial charge in [-0.2, -0.15) is 5.26 Å². The molecule has 0 bridgehead atoms. The van der Waals surface area contributed by atoms with Crippen LogP contribution in [0.25, 0.3) is 0 Å². The molecule has 3 N–H and O–H groups in total. The number of pyridine rings is 1. The molecule has 1 aliphatic heterocycles. The lowest BCUT2D eigenvalue weighted by Crippen LogP contribution is -2.52. The largest absolute Gasteiger partial charge is 0.485 e. The third-order valence-electron chi connectivity index (χ3n) is 4.74. The average Bonchev–Trinajstić information content (AvgIpc) is 2.62. The first-order chi connectivity index (χ1) is 12.3. The van der Waals surface area contributed by atoms with Crippen LogP contribution in [0, 0.1) is 11.3 Å². The normalized spacial score (nSPS) is 20.8. The Morgan fingerprint density at radius 1 is 1.23 bits per heavy atom. The van der Waals surface area contributed by atoms with Gasteiger partial charge in [-0.05, 0) is 43.2 Å². The molecule has 2 heterocycles. The first-order valence-electron chi connectivity index (χ1n) is 8.19. The van der Waals surface area contributed by atoms with Crippen molar-refractivity contribution in [2.75, 3.05) is 0 Å². The number of benzene rings is 1. The summed E-state index contributed by atoms with van der Waals surface area (Å²) in [6, 6.07) is 7.33. The Kier molecular flexibility index (Phi) is 4.59. The predicted octanol–water partition coefficient (Wildman–Crippen LogP) is 0.826. The van der Waals surface area contributed by atoms with Crippen molar-refractivity contribution in [1.82, 2.24) is 4.57 Å². The summed E-state index contributed by atoms with van der Waals surface area (Å²) < 4.78 is 7.18. The fraction of sp³-hybridized carbons (Fsp3) is 0.368. The topological polar surface area (TPSA) is 116 Å². The van der Waals surface area contributed by atoms with Crippen molar-refractivity contribution in [3.8, 4) is 11.8 Å². The second-order valence-electron chi connectivity index (χ2n) is 6.85. The fourth-order valence-electron chi connectivity index (χ4n) is 3.28. The lowest BCUT2D eigenvalue weighted by Gasteiger charge is -2.42. The van der Waals surface area contributed by atoms with E-state index in [0.29, 0.717) is 28.0 Å². The van der Waals surface area contributed by atoms with Crippen molar-refractivity contribution < 1.29 is 20.1 Å². The van der Waals surface area contributed by atoms with E-state index >= 15 is 0 Å². The zero-order valence-electron chi connectivity index (χ0n) is 14.5. The van der Waals surface area contributed by atoms with Crippen LogP contribution in [0.2, 0.25) is 0 Å². The van der Waals surface area contributed by atoms with Gasteiger partial charge in [0.25, 0.3) is 5.56 Å². The van der Waals surface area contributed by atoms with Gasteiger partial charge in [0.2, 0.25) is 0 Å². The zero-order chi connectivity index (χ0) is 19.1. The van der Waals surface area contributed by atoms with Gasteiger partial charge in [-0.15, -0.1) is 0 Å².